The molecule has 0 aliphatic carbocycles. The van der Waals surface area contributed by atoms with Crippen LogP contribution in [0.1, 0.15) is 5.56 Å². The molecule has 0 amide bonds. The third-order valence-corrected chi connectivity index (χ3v) is 3.82. The lowest BCUT2D eigenvalue weighted by Crippen LogP contribution is -1.97. The normalized spacial score (nSPS) is 11.2. The van der Waals surface area contributed by atoms with Gasteiger partial charge in [0.2, 0.25) is 0 Å². The number of aromatic nitrogens is 2. The van der Waals surface area contributed by atoms with Crippen molar-refractivity contribution in [2.24, 2.45) is 5.10 Å². The van der Waals surface area contributed by atoms with Gasteiger partial charge < -0.3 is 0 Å². The summed E-state index contributed by atoms with van der Waals surface area (Å²) < 4.78 is 0. The molecule has 4 nitrogen and oxygen atoms in total. The number of nitrogens with one attached hydrogen (secondary N) is 1. The van der Waals surface area contributed by atoms with Gasteiger partial charge in [0, 0.05) is 21.4 Å². The number of hydrogen-bond donors (Lipinski definition) is 1. The van der Waals surface area contributed by atoms with Crippen molar-refractivity contribution >= 4 is 57.6 Å². The number of rotatable bonds is 3. The van der Waals surface area contributed by atoms with E-state index in [0.717, 1.165) is 16.3 Å². The number of fused-ring (bicyclic) bond motifs is 1. The maximum absolute atomic E-state index is 6.08. The van der Waals surface area contributed by atoms with E-state index < -0.39 is 0 Å². The van der Waals surface area contributed by atoms with Gasteiger partial charge in [0.15, 0.2) is 11.0 Å². The Morgan fingerprint density at radius 1 is 0.955 bits per heavy atom. The molecule has 0 spiro atoms. The van der Waals surface area contributed by atoms with Crippen molar-refractivity contribution in [1.82, 2.24) is 10.2 Å². The molecule has 22 heavy (non-hydrogen) atoms. The van der Waals surface area contributed by atoms with Crippen LogP contribution in [-0.2, 0) is 0 Å². The highest BCUT2D eigenvalue weighted by atomic mass is 35.5. The summed E-state index contributed by atoms with van der Waals surface area (Å²) in [4.78, 5) is 0. The lowest BCUT2D eigenvalue weighted by atomic mass is 10.2. The second-order valence-corrected chi connectivity index (χ2v) is 5.62. The molecule has 2 aromatic carbocycles. The molecule has 3 rings (SSSR count). The van der Waals surface area contributed by atoms with E-state index in [1.807, 2.05) is 24.3 Å². The Morgan fingerprint density at radius 2 is 1.73 bits per heavy atom. The minimum Gasteiger partial charge on any atom is -0.259 e. The van der Waals surface area contributed by atoms with Crippen molar-refractivity contribution in [3.8, 4) is 0 Å². The molecule has 0 bridgehead atoms. The average molecular weight is 352 g/mol. The van der Waals surface area contributed by atoms with Gasteiger partial charge in [-0.05, 0) is 12.1 Å². The Hall–Kier alpha value is -1.88. The third-order valence-electron chi connectivity index (χ3n) is 2.98. The molecule has 0 unspecified atom stereocenters. The molecule has 0 aliphatic rings. The van der Waals surface area contributed by atoms with Gasteiger partial charge in [0.1, 0.15) is 0 Å². The summed E-state index contributed by atoms with van der Waals surface area (Å²) in [6.45, 7) is 0. The summed E-state index contributed by atoms with van der Waals surface area (Å²) in [6, 6.07) is 12.7. The van der Waals surface area contributed by atoms with Gasteiger partial charge in [-0.3, -0.25) is 5.43 Å². The standard InChI is InChI=1S/C15H9Cl3N4/c16-10-6-5-9(13(17)7-10)8-19-21-15-12-4-2-1-3-11(12)14(18)20-22-15/h1-8H,(H,21,22)/b19-8+. The van der Waals surface area contributed by atoms with Crippen LogP contribution in [0.2, 0.25) is 15.2 Å². The van der Waals surface area contributed by atoms with Gasteiger partial charge in [-0.25, -0.2) is 0 Å². The highest BCUT2D eigenvalue weighted by Crippen LogP contribution is 2.25. The van der Waals surface area contributed by atoms with Crippen molar-refractivity contribution in [1.29, 1.82) is 0 Å². The molecular weight excluding hydrogens is 343 g/mol. The SMILES string of the molecule is Clc1ccc(/C=N/Nc2nnc(Cl)c3ccccc23)c(Cl)c1. The molecule has 0 atom stereocenters. The Kier molecular flexibility index (Phi) is 4.43. The van der Waals surface area contributed by atoms with Gasteiger partial charge in [-0.2, -0.15) is 5.10 Å². The highest BCUT2D eigenvalue weighted by molar-refractivity contribution is 6.36. The zero-order valence-corrected chi connectivity index (χ0v) is 13.4. The van der Waals surface area contributed by atoms with Crippen molar-refractivity contribution in [3.63, 3.8) is 0 Å². The Morgan fingerprint density at radius 3 is 2.50 bits per heavy atom. The predicted octanol–water partition coefficient (Wildman–Crippen LogP) is 5.04. The molecule has 1 heterocycles. The van der Waals surface area contributed by atoms with E-state index in [0.29, 0.717) is 21.0 Å². The van der Waals surface area contributed by atoms with Gasteiger partial charge >= 0.3 is 0 Å². The molecular formula is C15H9Cl3N4. The van der Waals surface area contributed by atoms with Crippen LogP contribution in [0.25, 0.3) is 10.8 Å². The van der Waals surface area contributed by atoms with Crippen LogP contribution in [0.4, 0.5) is 5.82 Å². The third kappa shape index (κ3) is 3.14. The van der Waals surface area contributed by atoms with Gasteiger partial charge in [-0.15, -0.1) is 10.2 Å². The summed E-state index contributed by atoms with van der Waals surface area (Å²) >= 11 is 18.0. The lowest BCUT2D eigenvalue weighted by molar-refractivity contribution is 1.04. The first kappa shape index (κ1) is 15.0. The fourth-order valence-electron chi connectivity index (χ4n) is 1.92. The smallest absolute Gasteiger partial charge is 0.176 e. The first-order valence-electron chi connectivity index (χ1n) is 6.30. The minimum atomic E-state index is 0.353. The Bertz CT molecular complexity index is 865. The number of hydrogen-bond acceptors (Lipinski definition) is 4. The summed E-state index contributed by atoms with van der Waals surface area (Å²) in [5.74, 6) is 0.515. The number of hydrazone groups is 1. The summed E-state index contributed by atoms with van der Waals surface area (Å²) in [7, 11) is 0. The number of benzene rings is 2. The van der Waals surface area contributed by atoms with E-state index in [2.05, 4.69) is 20.7 Å². The van der Waals surface area contributed by atoms with E-state index in [9.17, 15) is 0 Å². The molecule has 1 N–H and O–H groups in total. The van der Waals surface area contributed by atoms with Crippen molar-refractivity contribution < 1.29 is 0 Å². The second-order valence-electron chi connectivity index (χ2n) is 4.42. The highest BCUT2D eigenvalue weighted by Gasteiger charge is 2.06. The molecule has 1 aromatic heterocycles. The average Bonchev–Trinajstić information content (AvgIpc) is 2.52. The van der Waals surface area contributed by atoms with E-state index in [-0.39, 0.29) is 0 Å². The van der Waals surface area contributed by atoms with E-state index in [1.165, 1.54) is 0 Å². The van der Waals surface area contributed by atoms with Crippen LogP contribution in [0, 0.1) is 0 Å². The monoisotopic (exact) mass is 350 g/mol. The molecule has 0 radical (unpaired) electrons. The zero-order chi connectivity index (χ0) is 15.5. The molecule has 0 fully saturated rings. The maximum Gasteiger partial charge on any atom is 0.176 e. The van der Waals surface area contributed by atoms with Crippen LogP contribution < -0.4 is 5.43 Å². The summed E-state index contributed by atoms with van der Waals surface area (Å²) in [5, 5.41) is 15.1. The van der Waals surface area contributed by atoms with Crippen LogP contribution in [0.15, 0.2) is 47.6 Å². The molecule has 110 valence electrons. The largest absolute Gasteiger partial charge is 0.259 e. The minimum absolute atomic E-state index is 0.353. The quantitative estimate of drug-likeness (QED) is 0.531. The fourth-order valence-corrected chi connectivity index (χ4v) is 2.58. The van der Waals surface area contributed by atoms with Crippen LogP contribution >= 0.6 is 34.8 Å². The van der Waals surface area contributed by atoms with Crippen LogP contribution in [0.3, 0.4) is 0 Å². The summed E-state index contributed by atoms with van der Waals surface area (Å²) in [5.41, 5.74) is 3.59. The van der Waals surface area contributed by atoms with Gasteiger partial charge in [0.25, 0.3) is 0 Å². The second kappa shape index (κ2) is 6.48. The van der Waals surface area contributed by atoms with Crippen LogP contribution in [0.5, 0.6) is 0 Å². The van der Waals surface area contributed by atoms with Crippen LogP contribution in [-0.4, -0.2) is 16.4 Å². The first-order valence-corrected chi connectivity index (χ1v) is 7.43. The Balaban J connectivity index is 1.88. The molecule has 7 heteroatoms. The number of nitrogens with zero attached hydrogens (tertiary/aromatic N) is 3. The van der Waals surface area contributed by atoms with Crippen molar-refractivity contribution in [3.05, 3.63) is 63.2 Å². The molecule has 0 aliphatic heterocycles. The predicted molar refractivity (Wildman–Crippen MR) is 92.2 cm³/mol. The van der Waals surface area contributed by atoms with Crippen molar-refractivity contribution in [2.45, 2.75) is 0 Å². The number of anilines is 1. The Labute approximate surface area is 141 Å². The zero-order valence-electron chi connectivity index (χ0n) is 11.1. The molecule has 3 aromatic rings. The van der Waals surface area contributed by atoms with Gasteiger partial charge in [0.05, 0.1) is 11.2 Å². The van der Waals surface area contributed by atoms with E-state index in [1.54, 1.807) is 24.4 Å². The van der Waals surface area contributed by atoms with Gasteiger partial charge in [-0.1, -0.05) is 65.1 Å². The maximum atomic E-state index is 6.08. The van der Waals surface area contributed by atoms with Crippen molar-refractivity contribution in [2.75, 3.05) is 5.43 Å². The van der Waals surface area contributed by atoms with E-state index in [4.69, 9.17) is 34.8 Å². The summed E-state index contributed by atoms with van der Waals surface area (Å²) in [6.07, 6.45) is 1.59. The molecule has 0 saturated heterocycles. The fraction of sp³-hybridized carbons (Fsp3) is 0. The topological polar surface area (TPSA) is 50.2 Å². The first-order chi connectivity index (χ1) is 10.6. The number of halogens is 3. The van der Waals surface area contributed by atoms with E-state index >= 15 is 0 Å². The molecule has 0 saturated carbocycles. The lowest BCUT2D eigenvalue weighted by Gasteiger charge is -2.05.